The van der Waals surface area contributed by atoms with Crippen molar-refractivity contribution in [1.29, 1.82) is 0 Å². The lowest BCUT2D eigenvalue weighted by Crippen LogP contribution is -1.91. The minimum absolute atomic E-state index is 1.13. The van der Waals surface area contributed by atoms with Crippen LogP contribution in [-0.4, -0.2) is 4.98 Å². The first kappa shape index (κ1) is 10.0. The van der Waals surface area contributed by atoms with E-state index < -0.39 is 0 Å². The van der Waals surface area contributed by atoms with Gasteiger partial charge in [0.25, 0.3) is 0 Å². The van der Waals surface area contributed by atoms with E-state index in [9.17, 15) is 0 Å². The van der Waals surface area contributed by atoms with Crippen LogP contribution in [0.1, 0.15) is 17.5 Å². The van der Waals surface area contributed by atoms with Crippen molar-refractivity contribution in [1.82, 2.24) is 4.98 Å². The summed E-state index contributed by atoms with van der Waals surface area (Å²) in [5, 5.41) is 0. The Morgan fingerprint density at radius 1 is 1.06 bits per heavy atom. The SMILES string of the molecule is Brc1cccc2c1CCCc1cccnc1-2. The van der Waals surface area contributed by atoms with Gasteiger partial charge in [-0.1, -0.05) is 34.1 Å². The van der Waals surface area contributed by atoms with Crippen LogP contribution >= 0.6 is 15.9 Å². The molecule has 0 unspecified atom stereocenters. The Bertz CT molecular complexity index is 534. The number of aromatic nitrogens is 1. The van der Waals surface area contributed by atoms with Crippen LogP contribution in [0, 0.1) is 0 Å². The number of hydrogen-bond acceptors (Lipinski definition) is 1. The van der Waals surface area contributed by atoms with Crippen LogP contribution in [0.4, 0.5) is 0 Å². The fourth-order valence-electron chi connectivity index (χ4n) is 2.37. The van der Waals surface area contributed by atoms with E-state index in [0.29, 0.717) is 0 Å². The summed E-state index contributed by atoms with van der Waals surface area (Å²) in [7, 11) is 0. The lowest BCUT2D eigenvalue weighted by Gasteiger charge is -2.09. The Kier molecular flexibility index (Phi) is 2.52. The summed E-state index contributed by atoms with van der Waals surface area (Å²) in [5.74, 6) is 0. The molecule has 16 heavy (non-hydrogen) atoms. The van der Waals surface area contributed by atoms with E-state index in [1.807, 2.05) is 12.3 Å². The van der Waals surface area contributed by atoms with Gasteiger partial charge in [0.15, 0.2) is 0 Å². The van der Waals surface area contributed by atoms with Crippen molar-refractivity contribution < 1.29 is 0 Å². The van der Waals surface area contributed by atoms with Crippen LogP contribution in [0.5, 0.6) is 0 Å². The molecule has 0 atom stereocenters. The first-order valence-electron chi connectivity index (χ1n) is 5.58. The summed E-state index contributed by atoms with van der Waals surface area (Å²) in [6.45, 7) is 0. The normalized spacial score (nSPS) is 13.8. The third kappa shape index (κ3) is 1.57. The number of rotatable bonds is 0. The van der Waals surface area contributed by atoms with Gasteiger partial charge < -0.3 is 0 Å². The maximum absolute atomic E-state index is 4.54. The monoisotopic (exact) mass is 273 g/mol. The summed E-state index contributed by atoms with van der Waals surface area (Å²) in [4.78, 5) is 4.54. The molecular formula is C14H12BrN. The molecular weight excluding hydrogens is 262 g/mol. The zero-order valence-electron chi connectivity index (χ0n) is 8.91. The molecule has 0 N–H and O–H groups in total. The molecule has 2 aromatic rings. The number of aryl methyl sites for hydroxylation is 1. The fourth-order valence-corrected chi connectivity index (χ4v) is 2.94. The molecule has 0 saturated carbocycles. The molecule has 1 aliphatic carbocycles. The molecule has 1 aromatic heterocycles. The first-order valence-corrected chi connectivity index (χ1v) is 6.37. The van der Waals surface area contributed by atoms with E-state index in [4.69, 9.17) is 0 Å². The van der Waals surface area contributed by atoms with E-state index >= 15 is 0 Å². The number of fused-ring (bicyclic) bond motifs is 3. The van der Waals surface area contributed by atoms with Gasteiger partial charge in [0.2, 0.25) is 0 Å². The van der Waals surface area contributed by atoms with Gasteiger partial charge in [-0.15, -0.1) is 0 Å². The van der Waals surface area contributed by atoms with Crippen molar-refractivity contribution in [2.45, 2.75) is 19.3 Å². The van der Waals surface area contributed by atoms with E-state index in [1.54, 1.807) is 0 Å². The summed E-state index contributed by atoms with van der Waals surface area (Å²) >= 11 is 3.64. The minimum atomic E-state index is 1.13. The number of benzene rings is 1. The topological polar surface area (TPSA) is 12.9 Å². The Balaban J connectivity index is 2.30. The highest BCUT2D eigenvalue weighted by molar-refractivity contribution is 9.10. The summed E-state index contributed by atoms with van der Waals surface area (Å²) in [5.41, 5.74) is 5.23. The van der Waals surface area contributed by atoms with Crippen molar-refractivity contribution in [2.75, 3.05) is 0 Å². The molecule has 0 bridgehead atoms. The van der Waals surface area contributed by atoms with Gasteiger partial charge >= 0.3 is 0 Å². The van der Waals surface area contributed by atoms with Gasteiger partial charge in [0.05, 0.1) is 5.69 Å². The zero-order valence-corrected chi connectivity index (χ0v) is 10.5. The largest absolute Gasteiger partial charge is 0.256 e. The second kappa shape index (κ2) is 4.02. The van der Waals surface area contributed by atoms with Crippen LogP contribution in [0.25, 0.3) is 11.3 Å². The molecule has 0 aliphatic heterocycles. The molecule has 0 radical (unpaired) electrons. The predicted molar refractivity (Wildman–Crippen MR) is 69.4 cm³/mol. The maximum Gasteiger partial charge on any atom is 0.0737 e. The van der Waals surface area contributed by atoms with Crippen LogP contribution in [-0.2, 0) is 12.8 Å². The highest BCUT2D eigenvalue weighted by atomic mass is 79.9. The van der Waals surface area contributed by atoms with Gasteiger partial charge in [0.1, 0.15) is 0 Å². The molecule has 3 rings (SSSR count). The van der Waals surface area contributed by atoms with E-state index in [0.717, 1.165) is 18.5 Å². The highest BCUT2D eigenvalue weighted by Gasteiger charge is 2.16. The molecule has 1 aliphatic rings. The Morgan fingerprint density at radius 3 is 2.94 bits per heavy atom. The maximum atomic E-state index is 4.54. The lowest BCUT2D eigenvalue weighted by atomic mass is 10.0. The number of pyridine rings is 1. The van der Waals surface area contributed by atoms with Crippen molar-refractivity contribution in [3.05, 3.63) is 52.1 Å². The van der Waals surface area contributed by atoms with Gasteiger partial charge in [-0.05, 0) is 42.5 Å². The predicted octanol–water partition coefficient (Wildman–Crippen LogP) is 4.00. The number of nitrogens with zero attached hydrogens (tertiary/aromatic N) is 1. The van der Waals surface area contributed by atoms with Crippen molar-refractivity contribution >= 4 is 15.9 Å². The second-order valence-electron chi connectivity index (χ2n) is 4.13. The average Bonchev–Trinajstić information content (AvgIpc) is 2.50. The van der Waals surface area contributed by atoms with Gasteiger partial charge in [-0.2, -0.15) is 0 Å². The van der Waals surface area contributed by atoms with E-state index in [2.05, 4.69) is 45.2 Å². The highest BCUT2D eigenvalue weighted by Crippen LogP contribution is 2.34. The summed E-state index contributed by atoms with van der Waals surface area (Å²) in [6.07, 6.45) is 5.35. The smallest absolute Gasteiger partial charge is 0.0737 e. The van der Waals surface area contributed by atoms with E-state index in [-0.39, 0.29) is 0 Å². The van der Waals surface area contributed by atoms with Gasteiger partial charge in [-0.3, -0.25) is 4.98 Å². The van der Waals surface area contributed by atoms with Crippen molar-refractivity contribution in [3.63, 3.8) is 0 Å². The van der Waals surface area contributed by atoms with Crippen LogP contribution in [0.15, 0.2) is 41.0 Å². The molecule has 0 saturated heterocycles. The van der Waals surface area contributed by atoms with Gasteiger partial charge in [0, 0.05) is 16.2 Å². The van der Waals surface area contributed by atoms with Crippen LogP contribution < -0.4 is 0 Å². The fraction of sp³-hybridized carbons (Fsp3) is 0.214. The molecule has 2 heteroatoms. The molecule has 1 aromatic carbocycles. The third-order valence-corrected chi connectivity index (χ3v) is 3.88. The second-order valence-corrected chi connectivity index (χ2v) is 4.98. The van der Waals surface area contributed by atoms with Crippen molar-refractivity contribution in [3.8, 4) is 11.3 Å². The zero-order chi connectivity index (χ0) is 11.0. The molecule has 0 spiro atoms. The lowest BCUT2D eigenvalue weighted by molar-refractivity contribution is 0.831. The number of halogens is 1. The third-order valence-electron chi connectivity index (χ3n) is 3.14. The minimum Gasteiger partial charge on any atom is -0.256 e. The molecule has 1 nitrogen and oxygen atoms in total. The molecule has 0 fully saturated rings. The summed E-state index contributed by atoms with van der Waals surface area (Å²) < 4.78 is 1.21. The van der Waals surface area contributed by atoms with Crippen molar-refractivity contribution in [2.24, 2.45) is 0 Å². The van der Waals surface area contributed by atoms with Crippen LogP contribution in [0.2, 0.25) is 0 Å². The quantitative estimate of drug-likeness (QED) is 0.707. The van der Waals surface area contributed by atoms with Crippen LogP contribution in [0.3, 0.4) is 0 Å². The Morgan fingerprint density at radius 2 is 2.00 bits per heavy atom. The Hall–Kier alpha value is -1.15. The Labute approximate surface area is 104 Å². The molecule has 80 valence electrons. The molecule has 1 heterocycles. The number of hydrogen-bond donors (Lipinski definition) is 0. The van der Waals surface area contributed by atoms with Gasteiger partial charge in [-0.25, -0.2) is 0 Å². The van der Waals surface area contributed by atoms with E-state index in [1.165, 1.54) is 27.6 Å². The standard InChI is InChI=1S/C14H12BrN/c15-13-8-2-7-12-11(13)6-1-4-10-5-3-9-16-14(10)12/h2-3,5,7-9H,1,4,6H2. The first-order chi connectivity index (χ1) is 7.86. The summed E-state index contributed by atoms with van der Waals surface area (Å²) in [6, 6.07) is 10.6. The average molecular weight is 274 g/mol. The molecule has 0 amide bonds.